The van der Waals surface area contributed by atoms with Crippen molar-refractivity contribution in [1.29, 1.82) is 0 Å². The Hall–Kier alpha value is -1.90. The molecule has 1 unspecified atom stereocenters. The Morgan fingerprint density at radius 1 is 1.52 bits per heavy atom. The highest BCUT2D eigenvalue weighted by atomic mass is 19.1. The van der Waals surface area contributed by atoms with Crippen molar-refractivity contribution >= 4 is 5.91 Å². The van der Waals surface area contributed by atoms with Crippen molar-refractivity contribution in [3.8, 4) is 11.8 Å². The van der Waals surface area contributed by atoms with E-state index in [0.29, 0.717) is 13.1 Å². The van der Waals surface area contributed by atoms with E-state index < -0.39 is 5.82 Å². The second-order valence-corrected chi connectivity index (χ2v) is 5.25. The summed E-state index contributed by atoms with van der Waals surface area (Å²) in [5.74, 6) is 4.29. The Morgan fingerprint density at radius 3 is 3.05 bits per heavy atom. The molecule has 1 fully saturated rings. The highest BCUT2D eigenvalue weighted by molar-refractivity contribution is 5.76. The SMILES string of the molecule is NC(=O)C1CCCN(Cc2ccc(F)c(C#CCO)c2)C1. The Balaban J connectivity index is 2.07. The number of rotatable bonds is 3. The third-order valence-electron chi connectivity index (χ3n) is 3.65. The number of amides is 1. The topological polar surface area (TPSA) is 66.6 Å². The maximum Gasteiger partial charge on any atom is 0.221 e. The van der Waals surface area contributed by atoms with Gasteiger partial charge in [-0.05, 0) is 37.1 Å². The molecule has 4 nitrogen and oxygen atoms in total. The lowest BCUT2D eigenvalue weighted by Gasteiger charge is -2.31. The van der Waals surface area contributed by atoms with E-state index >= 15 is 0 Å². The number of aliphatic hydroxyl groups is 1. The van der Waals surface area contributed by atoms with Gasteiger partial charge in [-0.3, -0.25) is 9.69 Å². The number of piperidine rings is 1. The van der Waals surface area contributed by atoms with Crippen molar-refractivity contribution in [2.45, 2.75) is 19.4 Å². The molecule has 5 heteroatoms. The molecule has 0 bridgehead atoms. The number of primary amides is 1. The van der Waals surface area contributed by atoms with Crippen LogP contribution in [0.5, 0.6) is 0 Å². The van der Waals surface area contributed by atoms with Crippen molar-refractivity contribution < 1.29 is 14.3 Å². The van der Waals surface area contributed by atoms with E-state index in [1.807, 2.05) is 0 Å². The molecular weight excluding hydrogens is 271 g/mol. The van der Waals surface area contributed by atoms with Gasteiger partial charge in [0.2, 0.25) is 5.91 Å². The van der Waals surface area contributed by atoms with Crippen LogP contribution in [-0.2, 0) is 11.3 Å². The first-order valence-corrected chi connectivity index (χ1v) is 7.00. The lowest BCUT2D eigenvalue weighted by atomic mass is 9.97. The number of halogens is 1. The Labute approximate surface area is 123 Å². The number of likely N-dealkylation sites (tertiary alicyclic amines) is 1. The van der Waals surface area contributed by atoms with Gasteiger partial charge in [0.15, 0.2) is 0 Å². The molecule has 1 amide bonds. The fourth-order valence-corrected chi connectivity index (χ4v) is 2.59. The van der Waals surface area contributed by atoms with Gasteiger partial charge in [0.05, 0.1) is 11.5 Å². The van der Waals surface area contributed by atoms with Crippen LogP contribution in [0.25, 0.3) is 0 Å². The van der Waals surface area contributed by atoms with Crippen molar-refractivity contribution in [3.63, 3.8) is 0 Å². The van der Waals surface area contributed by atoms with Crippen molar-refractivity contribution in [3.05, 3.63) is 35.1 Å². The predicted octanol–water partition coefficient (Wildman–Crippen LogP) is 0.867. The summed E-state index contributed by atoms with van der Waals surface area (Å²) in [7, 11) is 0. The summed E-state index contributed by atoms with van der Waals surface area (Å²) in [6.45, 7) is 1.89. The van der Waals surface area contributed by atoms with Crippen LogP contribution in [0.15, 0.2) is 18.2 Å². The summed E-state index contributed by atoms with van der Waals surface area (Å²) in [4.78, 5) is 13.4. The summed E-state index contributed by atoms with van der Waals surface area (Å²) in [6.07, 6.45) is 1.77. The molecule has 0 saturated carbocycles. The average Bonchev–Trinajstić information content (AvgIpc) is 2.48. The average molecular weight is 290 g/mol. The van der Waals surface area contributed by atoms with Crippen molar-refractivity contribution in [1.82, 2.24) is 4.90 Å². The minimum Gasteiger partial charge on any atom is -0.384 e. The number of carbonyl (C=O) groups is 1. The van der Waals surface area contributed by atoms with Crippen LogP contribution in [-0.4, -0.2) is 35.6 Å². The van der Waals surface area contributed by atoms with Gasteiger partial charge in [0.1, 0.15) is 12.4 Å². The standard InChI is InChI=1S/C16H19FN2O2/c17-15-6-5-12(9-13(15)4-2-8-20)10-19-7-1-3-14(11-19)16(18)21/h5-6,9,14,20H,1,3,7-8,10-11H2,(H2,18,21). The zero-order valence-corrected chi connectivity index (χ0v) is 11.8. The zero-order valence-electron chi connectivity index (χ0n) is 11.8. The van der Waals surface area contributed by atoms with Crippen LogP contribution >= 0.6 is 0 Å². The van der Waals surface area contributed by atoms with Gasteiger partial charge in [-0.15, -0.1) is 0 Å². The monoisotopic (exact) mass is 290 g/mol. The Morgan fingerprint density at radius 2 is 2.33 bits per heavy atom. The summed E-state index contributed by atoms with van der Waals surface area (Å²) in [5.41, 5.74) is 6.58. The maximum absolute atomic E-state index is 13.6. The van der Waals surface area contributed by atoms with Crippen LogP contribution in [0, 0.1) is 23.6 Å². The van der Waals surface area contributed by atoms with E-state index in [4.69, 9.17) is 10.8 Å². The van der Waals surface area contributed by atoms with Crippen molar-refractivity contribution in [2.24, 2.45) is 11.7 Å². The summed E-state index contributed by atoms with van der Waals surface area (Å²) >= 11 is 0. The Bertz CT molecular complexity index is 577. The summed E-state index contributed by atoms with van der Waals surface area (Å²) < 4.78 is 13.6. The fraction of sp³-hybridized carbons (Fsp3) is 0.438. The molecule has 0 aliphatic carbocycles. The molecule has 0 spiro atoms. The third kappa shape index (κ3) is 4.28. The lowest BCUT2D eigenvalue weighted by molar-refractivity contribution is -0.123. The molecule has 1 aliphatic heterocycles. The van der Waals surface area contributed by atoms with E-state index in [9.17, 15) is 9.18 Å². The van der Waals surface area contributed by atoms with Gasteiger partial charge in [-0.2, -0.15) is 0 Å². The van der Waals surface area contributed by atoms with E-state index in [-0.39, 0.29) is 24.0 Å². The van der Waals surface area contributed by atoms with Crippen LogP contribution in [0.1, 0.15) is 24.0 Å². The van der Waals surface area contributed by atoms with E-state index in [0.717, 1.165) is 24.9 Å². The highest BCUT2D eigenvalue weighted by Crippen LogP contribution is 2.19. The molecule has 0 radical (unpaired) electrons. The third-order valence-corrected chi connectivity index (χ3v) is 3.65. The molecular formula is C16H19FN2O2. The molecule has 21 heavy (non-hydrogen) atoms. The number of benzene rings is 1. The minimum absolute atomic E-state index is 0.104. The van der Waals surface area contributed by atoms with Gasteiger partial charge >= 0.3 is 0 Å². The van der Waals surface area contributed by atoms with Gasteiger partial charge in [-0.1, -0.05) is 17.9 Å². The summed E-state index contributed by atoms with van der Waals surface area (Å²) in [5, 5.41) is 8.68. The predicted molar refractivity (Wildman–Crippen MR) is 77.6 cm³/mol. The quantitative estimate of drug-likeness (QED) is 0.812. The second kappa shape index (κ2) is 7.21. The second-order valence-electron chi connectivity index (χ2n) is 5.25. The van der Waals surface area contributed by atoms with Gasteiger partial charge in [0.25, 0.3) is 0 Å². The highest BCUT2D eigenvalue weighted by Gasteiger charge is 2.23. The lowest BCUT2D eigenvalue weighted by Crippen LogP contribution is -2.40. The number of hydrogen-bond acceptors (Lipinski definition) is 3. The number of aliphatic hydroxyl groups excluding tert-OH is 1. The molecule has 1 aromatic carbocycles. The maximum atomic E-state index is 13.6. The molecule has 0 aromatic heterocycles. The van der Waals surface area contributed by atoms with Crippen molar-refractivity contribution in [2.75, 3.05) is 19.7 Å². The first kappa shape index (κ1) is 15.5. The molecule has 1 aromatic rings. The first-order valence-electron chi connectivity index (χ1n) is 7.00. The Kier molecular flexibility index (Phi) is 5.32. The molecule has 1 aliphatic rings. The number of carbonyl (C=O) groups excluding carboxylic acids is 1. The van der Waals surface area contributed by atoms with Crippen LogP contribution < -0.4 is 5.73 Å². The first-order chi connectivity index (χ1) is 10.1. The van der Waals surface area contributed by atoms with Crippen LogP contribution in [0.4, 0.5) is 4.39 Å². The summed E-state index contributed by atoms with van der Waals surface area (Å²) in [6, 6.07) is 4.78. The molecule has 1 heterocycles. The smallest absolute Gasteiger partial charge is 0.221 e. The van der Waals surface area contributed by atoms with Gasteiger partial charge < -0.3 is 10.8 Å². The molecule has 112 valence electrons. The molecule has 1 saturated heterocycles. The van der Waals surface area contributed by atoms with E-state index in [1.54, 1.807) is 12.1 Å². The minimum atomic E-state index is -0.395. The number of nitrogens with zero attached hydrogens (tertiary/aromatic N) is 1. The number of nitrogens with two attached hydrogens (primary N) is 1. The largest absolute Gasteiger partial charge is 0.384 e. The number of hydrogen-bond donors (Lipinski definition) is 2. The van der Waals surface area contributed by atoms with E-state index in [2.05, 4.69) is 16.7 Å². The van der Waals surface area contributed by atoms with Crippen LogP contribution in [0.3, 0.4) is 0 Å². The van der Waals surface area contributed by atoms with E-state index in [1.165, 1.54) is 6.07 Å². The van der Waals surface area contributed by atoms with Gasteiger partial charge in [-0.25, -0.2) is 4.39 Å². The van der Waals surface area contributed by atoms with Gasteiger partial charge in [0, 0.05) is 13.1 Å². The molecule has 2 rings (SSSR count). The normalized spacial score (nSPS) is 18.9. The molecule has 1 atom stereocenters. The zero-order chi connectivity index (χ0) is 15.2. The fourth-order valence-electron chi connectivity index (χ4n) is 2.59. The molecule has 3 N–H and O–H groups in total. The van der Waals surface area contributed by atoms with Crippen LogP contribution in [0.2, 0.25) is 0 Å².